The van der Waals surface area contributed by atoms with E-state index in [2.05, 4.69) is 19.9 Å². The average molecular weight is 414 g/mol. The van der Waals surface area contributed by atoms with Crippen molar-refractivity contribution in [3.63, 3.8) is 0 Å². The SMILES string of the molecule is CC.Cc1c[c-]c(F)c(F)c1CCC(C)C.[Re]. The van der Waals surface area contributed by atoms with Crippen LogP contribution in [0, 0.1) is 30.5 Å². The van der Waals surface area contributed by atoms with Crippen molar-refractivity contribution in [3.8, 4) is 0 Å². The van der Waals surface area contributed by atoms with Crippen LogP contribution in [-0.2, 0) is 26.8 Å². The number of hydrogen-bond donors (Lipinski definition) is 0. The van der Waals surface area contributed by atoms with Crippen LogP contribution in [0.25, 0.3) is 0 Å². The maximum atomic E-state index is 13.3. The van der Waals surface area contributed by atoms with Crippen LogP contribution >= 0.6 is 0 Å². The molecule has 0 fully saturated rings. The van der Waals surface area contributed by atoms with Crippen LogP contribution in [0.1, 0.15) is 45.2 Å². The summed E-state index contributed by atoms with van der Waals surface area (Å²) in [6.45, 7) is 9.92. The molecule has 0 atom stereocenters. The predicted molar refractivity (Wildman–Crippen MR) is 64.4 cm³/mol. The molecule has 0 aliphatic rings. The Balaban J connectivity index is 0. The summed E-state index contributed by atoms with van der Waals surface area (Å²) in [5, 5.41) is 0. The van der Waals surface area contributed by atoms with E-state index in [9.17, 15) is 8.78 Å². The number of hydrogen-bond acceptors (Lipinski definition) is 0. The normalized spacial score (nSPS) is 9.41. The largest absolute Gasteiger partial charge is 0.281 e. The molecular weight excluding hydrogens is 392 g/mol. The molecule has 0 bridgehead atoms. The summed E-state index contributed by atoms with van der Waals surface area (Å²) >= 11 is 0. The maximum Gasteiger partial charge on any atom is 0.0469 e. The summed E-state index contributed by atoms with van der Waals surface area (Å²) in [6, 6.07) is 3.76. The number of rotatable bonds is 3. The van der Waals surface area contributed by atoms with Gasteiger partial charge >= 0.3 is 0 Å². The van der Waals surface area contributed by atoms with Gasteiger partial charge in [0.2, 0.25) is 0 Å². The van der Waals surface area contributed by atoms with E-state index in [0.29, 0.717) is 17.9 Å². The Morgan fingerprint density at radius 3 is 2.24 bits per heavy atom. The van der Waals surface area contributed by atoms with Gasteiger partial charge in [-0.2, -0.15) is 11.6 Å². The first-order valence-corrected chi connectivity index (χ1v) is 5.87. The molecule has 0 aliphatic heterocycles. The van der Waals surface area contributed by atoms with Gasteiger partial charge in [-0.25, -0.2) is 4.39 Å². The molecule has 0 aliphatic carbocycles. The number of aryl methyl sites for hydroxylation is 1. The van der Waals surface area contributed by atoms with Crippen molar-refractivity contribution in [2.24, 2.45) is 5.92 Å². The Labute approximate surface area is 117 Å². The van der Waals surface area contributed by atoms with Gasteiger partial charge in [-0.05, 0) is 18.8 Å². The molecule has 17 heavy (non-hydrogen) atoms. The third-order valence-electron chi connectivity index (χ3n) is 2.32. The van der Waals surface area contributed by atoms with E-state index in [1.165, 1.54) is 6.07 Å². The molecule has 0 spiro atoms. The number of benzene rings is 1. The minimum Gasteiger partial charge on any atom is -0.281 e. The molecule has 0 unspecified atom stereocenters. The van der Waals surface area contributed by atoms with E-state index in [4.69, 9.17) is 0 Å². The standard InChI is InChI=1S/C12H15F2.C2H6.Re/c1-8(2)4-6-10-9(3)5-7-11(13)12(10)14;1-2;/h5,8H,4,6H2,1-3H3;1-2H3;/q-1;;. The van der Waals surface area contributed by atoms with Gasteiger partial charge in [0.15, 0.2) is 0 Å². The van der Waals surface area contributed by atoms with Gasteiger partial charge in [0, 0.05) is 32.1 Å². The molecule has 0 saturated heterocycles. The first kappa shape index (κ1) is 19.1. The van der Waals surface area contributed by atoms with Crippen LogP contribution in [0.2, 0.25) is 0 Å². The van der Waals surface area contributed by atoms with Gasteiger partial charge < -0.3 is 0 Å². The van der Waals surface area contributed by atoms with E-state index >= 15 is 0 Å². The minimum absolute atomic E-state index is 0. The zero-order chi connectivity index (χ0) is 12.7. The van der Waals surface area contributed by atoms with Crippen molar-refractivity contribution < 1.29 is 29.2 Å². The minimum atomic E-state index is -0.866. The van der Waals surface area contributed by atoms with E-state index in [1.54, 1.807) is 6.92 Å². The smallest absolute Gasteiger partial charge is 0.0469 e. The van der Waals surface area contributed by atoms with Crippen molar-refractivity contribution in [1.82, 2.24) is 0 Å². The average Bonchev–Trinajstić information content (AvgIpc) is 2.26. The fraction of sp³-hybridized carbons (Fsp3) is 0.571. The zero-order valence-corrected chi connectivity index (χ0v) is 13.9. The molecule has 0 saturated carbocycles. The molecule has 3 heteroatoms. The molecule has 1 radical (unpaired) electrons. The molecule has 1 aromatic rings. The molecule has 0 heterocycles. The van der Waals surface area contributed by atoms with E-state index in [1.807, 2.05) is 13.8 Å². The quantitative estimate of drug-likeness (QED) is 0.631. The van der Waals surface area contributed by atoms with Crippen molar-refractivity contribution in [2.75, 3.05) is 0 Å². The topological polar surface area (TPSA) is 0 Å². The summed E-state index contributed by atoms with van der Waals surface area (Å²) in [5.41, 5.74) is 1.28. The Hall–Kier alpha value is -0.258. The molecule has 1 aromatic carbocycles. The van der Waals surface area contributed by atoms with Crippen molar-refractivity contribution in [2.45, 2.75) is 47.5 Å². The fourth-order valence-electron chi connectivity index (χ4n) is 1.37. The van der Waals surface area contributed by atoms with Crippen molar-refractivity contribution in [3.05, 3.63) is 34.9 Å². The van der Waals surface area contributed by atoms with Crippen LogP contribution in [0.5, 0.6) is 0 Å². The molecular formula is C14H21F2Re-. The maximum absolute atomic E-state index is 13.3. The van der Waals surface area contributed by atoms with Crippen molar-refractivity contribution >= 4 is 0 Å². The summed E-state index contributed by atoms with van der Waals surface area (Å²) in [4.78, 5) is 0. The molecule has 0 aromatic heterocycles. The van der Waals surface area contributed by atoms with Crippen LogP contribution in [0.4, 0.5) is 8.78 Å². The van der Waals surface area contributed by atoms with Gasteiger partial charge in [-0.1, -0.05) is 34.6 Å². The molecule has 0 amide bonds. The third kappa shape index (κ3) is 6.29. The second-order valence-corrected chi connectivity index (χ2v) is 4.01. The van der Waals surface area contributed by atoms with E-state index in [0.717, 1.165) is 12.0 Å². The first-order valence-electron chi connectivity index (χ1n) is 5.87. The summed E-state index contributed by atoms with van der Waals surface area (Å²) in [5.74, 6) is -1.10. The Morgan fingerprint density at radius 2 is 1.76 bits per heavy atom. The van der Waals surface area contributed by atoms with Gasteiger partial charge in [-0.15, -0.1) is 11.6 Å². The van der Waals surface area contributed by atoms with Crippen LogP contribution < -0.4 is 0 Å². The molecule has 99 valence electrons. The van der Waals surface area contributed by atoms with Crippen LogP contribution in [-0.4, -0.2) is 0 Å². The fourth-order valence-corrected chi connectivity index (χ4v) is 1.37. The zero-order valence-electron chi connectivity index (χ0n) is 11.2. The number of halogens is 2. The van der Waals surface area contributed by atoms with Gasteiger partial charge in [0.1, 0.15) is 0 Å². The second kappa shape index (κ2) is 9.74. The van der Waals surface area contributed by atoms with E-state index in [-0.39, 0.29) is 20.4 Å². The van der Waals surface area contributed by atoms with Crippen molar-refractivity contribution in [1.29, 1.82) is 0 Å². The monoisotopic (exact) mass is 414 g/mol. The van der Waals surface area contributed by atoms with Gasteiger partial charge in [0.25, 0.3) is 0 Å². The Kier molecular flexibility index (Phi) is 10.9. The van der Waals surface area contributed by atoms with Gasteiger partial charge in [0.05, 0.1) is 0 Å². The van der Waals surface area contributed by atoms with Gasteiger partial charge in [-0.3, -0.25) is 4.39 Å². The molecule has 1 rings (SSSR count). The summed E-state index contributed by atoms with van der Waals surface area (Å²) < 4.78 is 26.2. The Morgan fingerprint density at radius 1 is 1.24 bits per heavy atom. The summed E-state index contributed by atoms with van der Waals surface area (Å²) in [6.07, 6.45) is 1.47. The summed E-state index contributed by atoms with van der Waals surface area (Å²) in [7, 11) is 0. The van der Waals surface area contributed by atoms with E-state index < -0.39 is 11.6 Å². The first-order chi connectivity index (χ1) is 7.52. The van der Waals surface area contributed by atoms with Crippen LogP contribution in [0.3, 0.4) is 0 Å². The Bertz CT molecular complexity index is 322. The molecule has 0 N–H and O–H groups in total. The molecule has 0 nitrogen and oxygen atoms in total. The second-order valence-electron chi connectivity index (χ2n) is 4.01. The third-order valence-corrected chi connectivity index (χ3v) is 2.32. The predicted octanol–water partition coefficient (Wildman–Crippen LogP) is 4.69. The van der Waals surface area contributed by atoms with Crippen LogP contribution in [0.15, 0.2) is 6.07 Å².